The molecular weight excluding hydrogens is 276 g/mol. The van der Waals surface area contributed by atoms with Crippen LogP contribution in [0.2, 0.25) is 0 Å². The van der Waals surface area contributed by atoms with Crippen molar-refractivity contribution in [3.63, 3.8) is 0 Å². The molecule has 0 bridgehead atoms. The molecule has 0 amide bonds. The molecular formula is C18H34N2O2. The monoisotopic (exact) mass is 310 g/mol. The average molecular weight is 310 g/mol. The van der Waals surface area contributed by atoms with Gasteiger partial charge in [0.1, 0.15) is 12.4 Å². The molecule has 0 aliphatic carbocycles. The highest BCUT2D eigenvalue weighted by Crippen LogP contribution is 2.12. The van der Waals surface area contributed by atoms with Crippen molar-refractivity contribution < 1.29 is 9.63 Å². The Morgan fingerprint density at radius 2 is 1.59 bits per heavy atom. The van der Waals surface area contributed by atoms with Crippen LogP contribution in [0.25, 0.3) is 0 Å². The zero-order valence-electron chi connectivity index (χ0n) is 14.6. The first kappa shape index (κ1) is 20.8. The van der Waals surface area contributed by atoms with Gasteiger partial charge in [0.2, 0.25) is 0 Å². The molecule has 0 radical (unpaired) electrons. The lowest BCUT2D eigenvalue weighted by Gasteiger charge is -2.04. The van der Waals surface area contributed by atoms with Crippen molar-refractivity contribution in [3.8, 4) is 0 Å². The Labute approximate surface area is 136 Å². The molecule has 0 rings (SSSR count). The lowest BCUT2D eigenvalue weighted by Crippen LogP contribution is -1.98. The van der Waals surface area contributed by atoms with Crippen LogP contribution in [-0.2, 0) is 9.63 Å². The van der Waals surface area contributed by atoms with Gasteiger partial charge in [-0.05, 0) is 31.6 Å². The van der Waals surface area contributed by atoms with Gasteiger partial charge < -0.3 is 4.84 Å². The summed E-state index contributed by atoms with van der Waals surface area (Å²) in [5.41, 5.74) is 0. The highest BCUT2D eigenvalue weighted by molar-refractivity contribution is 5.78. The van der Waals surface area contributed by atoms with Crippen LogP contribution in [0.1, 0.15) is 84.5 Å². The highest BCUT2D eigenvalue weighted by Gasteiger charge is 2.02. The first-order valence-electron chi connectivity index (χ1n) is 8.81. The minimum Gasteiger partial charge on any atom is -0.379 e. The molecule has 0 atom stereocenters. The summed E-state index contributed by atoms with van der Waals surface area (Å²) in [4.78, 5) is 16.7. The van der Waals surface area contributed by atoms with E-state index in [1.807, 2.05) is 0 Å². The minimum atomic E-state index is 0.442. The van der Waals surface area contributed by atoms with Gasteiger partial charge in [-0.3, -0.25) is 4.79 Å². The molecule has 0 N–H and O–H groups in total. The second kappa shape index (κ2) is 16.2. The first-order valence-corrected chi connectivity index (χ1v) is 8.81. The molecule has 128 valence electrons. The summed E-state index contributed by atoms with van der Waals surface area (Å²) in [7, 11) is 0. The molecule has 22 heavy (non-hydrogen) atoms. The van der Waals surface area contributed by atoms with Crippen LogP contribution in [0.3, 0.4) is 0 Å². The number of nitrogens with zero attached hydrogens (tertiary/aromatic N) is 2. The third-order valence-corrected chi connectivity index (χ3v) is 3.61. The van der Waals surface area contributed by atoms with E-state index in [4.69, 9.17) is 4.84 Å². The fourth-order valence-corrected chi connectivity index (χ4v) is 2.30. The van der Waals surface area contributed by atoms with Gasteiger partial charge >= 0.3 is 0 Å². The summed E-state index contributed by atoms with van der Waals surface area (Å²) in [6.45, 7) is 8.52. The second-order valence-electron chi connectivity index (χ2n) is 6.26. The van der Waals surface area contributed by atoms with Crippen molar-refractivity contribution >= 4 is 5.78 Å². The molecule has 0 heterocycles. The summed E-state index contributed by atoms with van der Waals surface area (Å²) in [5, 5.41) is 6.97. The van der Waals surface area contributed by atoms with E-state index in [1.54, 1.807) is 0 Å². The Morgan fingerprint density at radius 3 is 2.23 bits per heavy atom. The summed E-state index contributed by atoms with van der Waals surface area (Å²) >= 11 is 0. The minimum absolute atomic E-state index is 0.442. The van der Waals surface area contributed by atoms with Crippen LogP contribution in [0, 0.1) is 5.92 Å². The number of ketones is 1. The second-order valence-corrected chi connectivity index (χ2v) is 6.26. The van der Waals surface area contributed by atoms with E-state index >= 15 is 0 Å². The average Bonchev–Trinajstić information content (AvgIpc) is 2.48. The number of hydrogen-bond donors (Lipinski definition) is 0. The Hall–Kier alpha value is -1.19. The molecule has 0 unspecified atom stereocenters. The van der Waals surface area contributed by atoms with Crippen LogP contribution in [0.4, 0.5) is 0 Å². The number of carbonyl (C=O) groups excluding carboxylic acids is 1. The maximum atomic E-state index is 11.7. The van der Waals surface area contributed by atoms with Crippen LogP contribution >= 0.6 is 0 Å². The predicted octanol–water partition coefficient (Wildman–Crippen LogP) is 6.03. The topological polar surface area (TPSA) is 51.0 Å². The molecule has 4 heteroatoms. The zero-order valence-corrected chi connectivity index (χ0v) is 14.6. The number of hydrogen-bond acceptors (Lipinski definition) is 4. The Morgan fingerprint density at radius 1 is 1.00 bits per heavy atom. The summed E-state index contributed by atoms with van der Waals surface area (Å²) in [6, 6.07) is 0. The maximum Gasteiger partial charge on any atom is 0.132 e. The van der Waals surface area contributed by atoms with Gasteiger partial charge in [0.15, 0.2) is 0 Å². The van der Waals surface area contributed by atoms with Crippen molar-refractivity contribution in [2.75, 3.05) is 6.61 Å². The van der Waals surface area contributed by atoms with Crippen LogP contribution < -0.4 is 0 Å². The van der Waals surface area contributed by atoms with E-state index in [9.17, 15) is 4.79 Å². The van der Waals surface area contributed by atoms with E-state index in [1.165, 1.54) is 25.5 Å². The third kappa shape index (κ3) is 16.9. The number of Topliss-reactive ketones (excluding diaryl/α,β-unsaturated/α-hetero) is 1. The van der Waals surface area contributed by atoms with E-state index in [2.05, 4.69) is 30.8 Å². The van der Waals surface area contributed by atoms with Gasteiger partial charge in [-0.25, -0.2) is 0 Å². The van der Waals surface area contributed by atoms with Crippen molar-refractivity contribution in [1.82, 2.24) is 0 Å². The number of unbranched alkanes of at least 4 members (excludes halogenated alkanes) is 6. The largest absolute Gasteiger partial charge is 0.379 e. The van der Waals surface area contributed by atoms with Gasteiger partial charge in [0.25, 0.3) is 0 Å². The molecule has 0 aromatic heterocycles. The summed E-state index contributed by atoms with van der Waals surface area (Å²) in [5.74, 6) is 1.23. The van der Waals surface area contributed by atoms with Gasteiger partial charge in [0, 0.05) is 24.3 Å². The molecule has 0 spiro atoms. The summed E-state index contributed by atoms with van der Waals surface area (Å²) in [6.07, 6.45) is 13.1. The molecule has 0 aliphatic rings. The Kier molecular flexibility index (Phi) is 15.3. The van der Waals surface area contributed by atoms with E-state index in [0.717, 1.165) is 57.3 Å². The van der Waals surface area contributed by atoms with E-state index < -0.39 is 0 Å². The van der Waals surface area contributed by atoms with Gasteiger partial charge in [0.05, 0.1) is 0 Å². The number of rotatable bonds is 16. The SMILES string of the molecule is C=CN=NOCCCCCCCC(=O)CCCCCC(C)C. The highest BCUT2D eigenvalue weighted by atomic mass is 16.6. The van der Waals surface area contributed by atoms with E-state index in [-0.39, 0.29) is 0 Å². The summed E-state index contributed by atoms with van der Waals surface area (Å²) < 4.78 is 0. The Bertz CT molecular complexity index is 301. The lowest BCUT2D eigenvalue weighted by atomic mass is 10.0. The lowest BCUT2D eigenvalue weighted by molar-refractivity contribution is -0.119. The maximum absolute atomic E-state index is 11.7. The molecule has 0 aromatic rings. The van der Waals surface area contributed by atoms with Crippen molar-refractivity contribution in [1.29, 1.82) is 0 Å². The van der Waals surface area contributed by atoms with Crippen molar-refractivity contribution in [3.05, 3.63) is 12.8 Å². The van der Waals surface area contributed by atoms with Gasteiger partial charge in [-0.1, -0.05) is 52.5 Å². The van der Waals surface area contributed by atoms with E-state index in [0.29, 0.717) is 12.4 Å². The van der Waals surface area contributed by atoms with Crippen molar-refractivity contribution in [2.24, 2.45) is 16.3 Å². The quantitative estimate of drug-likeness (QED) is 0.198. The van der Waals surface area contributed by atoms with Gasteiger partial charge in [-0.15, -0.1) is 5.11 Å². The fourth-order valence-electron chi connectivity index (χ4n) is 2.30. The van der Waals surface area contributed by atoms with Crippen LogP contribution in [0.5, 0.6) is 0 Å². The molecule has 0 saturated carbocycles. The fraction of sp³-hybridized carbons (Fsp3) is 0.833. The smallest absolute Gasteiger partial charge is 0.132 e. The Balaban J connectivity index is 3.21. The zero-order chi connectivity index (χ0) is 16.5. The molecule has 0 aliphatic heterocycles. The molecule has 0 saturated heterocycles. The predicted molar refractivity (Wildman–Crippen MR) is 91.6 cm³/mol. The normalized spacial score (nSPS) is 11.2. The van der Waals surface area contributed by atoms with Crippen LogP contribution in [0.15, 0.2) is 23.2 Å². The molecule has 0 fully saturated rings. The molecule has 4 nitrogen and oxygen atoms in total. The van der Waals surface area contributed by atoms with Gasteiger partial charge in [-0.2, -0.15) is 0 Å². The standard InChI is InChI=1S/C18H34N2O2/c1-4-19-20-22-16-12-7-5-6-10-14-18(21)15-11-8-9-13-17(2)3/h4,17H,1,5-16H2,2-3H3. The number of carbonyl (C=O) groups is 1. The first-order chi connectivity index (χ1) is 10.7. The third-order valence-electron chi connectivity index (χ3n) is 3.61. The van der Waals surface area contributed by atoms with Crippen molar-refractivity contribution in [2.45, 2.75) is 84.5 Å². The van der Waals surface area contributed by atoms with Crippen LogP contribution in [-0.4, -0.2) is 12.4 Å². The molecule has 0 aromatic carbocycles.